The molecule has 3 heteroatoms. The van der Waals surface area contributed by atoms with Gasteiger partial charge in [0, 0.05) is 13.1 Å². The van der Waals surface area contributed by atoms with Crippen molar-refractivity contribution >= 4 is 0 Å². The van der Waals surface area contributed by atoms with Crippen molar-refractivity contribution in [3.8, 4) is 0 Å². The van der Waals surface area contributed by atoms with Crippen LogP contribution in [0.3, 0.4) is 0 Å². The maximum absolute atomic E-state index is 5.61. The second-order valence-corrected chi connectivity index (χ2v) is 3.29. The minimum atomic E-state index is 0.468. The summed E-state index contributed by atoms with van der Waals surface area (Å²) in [5.74, 6) is 0. The zero-order valence-electron chi connectivity index (χ0n) is 7.47. The Kier molecular flexibility index (Phi) is 3.83. The van der Waals surface area contributed by atoms with Crippen molar-refractivity contribution in [1.82, 2.24) is 10.2 Å². The van der Waals surface area contributed by atoms with Gasteiger partial charge in [-0.15, -0.1) is 0 Å². The summed E-state index contributed by atoms with van der Waals surface area (Å²) in [5.41, 5.74) is 0. The fourth-order valence-electron chi connectivity index (χ4n) is 1.17. The van der Waals surface area contributed by atoms with E-state index in [4.69, 9.17) is 4.74 Å². The van der Waals surface area contributed by atoms with E-state index in [9.17, 15) is 0 Å². The van der Waals surface area contributed by atoms with E-state index in [1.54, 1.807) is 0 Å². The lowest BCUT2D eigenvalue weighted by molar-refractivity contribution is 0.0570. The van der Waals surface area contributed by atoms with E-state index in [0.29, 0.717) is 6.10 Å². The maximum Gasteiger partial charge on any atom is 0.0712 e. The van der Waals surface area contributed by atoms with Gasteiger partial charge in [0.05, 0.1) is 12.7 Å². The smallest absolute Gasteiger partial charge is 0.0712 e. The van der Waals surface area contributed by atoms with Crippen LogP contribution in [0.5, 0.6) is 0 Å². The Bertz CT molecular complexity index is 100. The minimum absolute atomic E-state index is 0.468. The lowest BCUT2D eigenvalue weighted by Gasteiger charge is -2.13. The molecule has 3 nitrogen and oxygen atoms in total. The zero-order chi connectivity index (χ0) is 8.10. The Morgan fingerprint density at radius 1 is 1.55 bits per heavy atom. The molecular weight excluding hydrogens is 140 g/mol. The fourth-order valence-corrected chi connectivity index (χ4v) is 1.17. The summed E-state index contributed by atoms with van der Waals surface area (Å²) >= 11 is 0. The second-order valence-electron chi connectivity index (χ2n) is 3.29. The molecule has 1 atom stereocenters. The Labute approximate surface area is 68.7 Å². The van der Waals surface area contributed by atoms with Crippen molar-refractivity contribution in [3.63, 3.8) is 0 Å². The number of rotatable bonds is 4. The SMILES string of the molecule is CN(C)CCO[C@@H]1CCNC1. The van der Waals surface area contributed by atoms with Gasteiger partial charge in [-0.2, -0.15) is 0 Å². The third-order valence-corrected chi connectivity index (χ3v) is 1.91. The first-order valence-electron chi connectivity index (χ1n) is 4.26. The molecular formula is C8H18N2O. The summed E-state index contributed by atoms with van der Waals surface area (Å²) in [6.07, 6.45) is 1.64. The van der Waals surface area contributed by atoms with Gasteiger partial charge >= 0.3 is 0 Å². The van der Waals surface area contributed by atoms with Gasteiger partial charge in [-0.1, -0.05) is 0 Å². The molecule has 1 aliphatic heterocycles. The molecule has 11 heavy (non-hydrogen) atoms. The van der Waals surface area contributed by atoms with E-state index >= 15 is 0 Å². The summed E-state index contributed by atoms with van der Waals surface area (Å²) in [4.78, 5) is 2.14. The number of likely N-dealkylation sites (N-methyl/N-ethyl adjacent to an activating group) is 1. The van der Waals surface area contributed by atoms with Gasteiger partial charge in [-0.05, 0) is 27.1 Å². The first kappa shape index (κ1) is 8.97. The standard InChI is InChI=1S/C8H18N2O/c1-10(2)5-6-11-8-3-4-9-7-8/h8-9H,3-7H2,1-2H3/t8-/m1/s1. The summed E-state index contributed by atoms with van der Waals surface area (Å²) in [7, 11) is 4.13. The van der Waals surface area contributed by atoms with Crippen LogP contribution in [0.25, 0.3) is 0 Å². The van der Waals surface area contributed by atoms with E-state index in [0.717, 1.165) is 26.2 Å². The molecule has 0 radical (unpaired) electrons. The van der Waals surface area contributed by atoms with Crippen LogP contribution in [0, 0.1) is 0 Å². The van der Waals surface area contributed by atoms with E-state index < -0.39 is 0 Å². The molecule has 1 rings (SSSR count). The number of nitrogens with one attached hydrogen (secondary N) is 1. The molecule has 1 saturated heterocycles. The predicted molar refractivity (Wildman–Crippen MR) is 45.8 cm³/mol. The van der Waals surface area contributed by atoms with Gasteiger partial charge in [0.1, 0.15) is 0 Å². The molecule has 1 heterocycles. The number of ether oxygens (including phenoxy) is 1. The van der Waals surface area contributed by atoms with Crippen molar-refractivity contribution in [3.05, 3.63) is 0 Å². The average molecular weight is 158 g/mol. The first-order chi connectivity index (χ1) is 5.29. The molecule has 0 aliphatic carbocycles. The highest BCUT2D eigenvalue weighted by molar-refractivity contribution is 4.70. The highest BCUT2D eigenvalue weighted by Gasteiger charge is 2.13. The van der Waals surface area contributed by atoms with Crippen molar-refractivity contribution in [2.24, 2.45) is 0 Å². The van der Waals surface area contributed by atoms with Crippen molar-refractivity contribution in [1.29, 1.82) is 0 Å². The number of hydrogen-bond donors (Lipinski definition) is 1. The maximum atomic E-state index is 5.61. The lowest BCUT2D eigenvalue weighted by Crippen LogP contribution is -2.23. The summed E-state index contributed by atoms with van der Waals surface area (Å²) in [6.45, 7) is 4.04. The zero-order valence-corrected chi connectivity index (χ0v) is 7.47. The number of nitrogens with zero attached hydrogens (tertiary/aromatic N) is 1. The lowest BCUT2D eigenvalue weighted by atomic mass is 10.3. The topological polar surface area (TPSA) is 24.5 Å². The molecule has 1 fully saturated rings. The summed E-state index contributed by atoms with van der Waals surface area (Å²) < 4.78 is 5.61. The van der Waals surface area contributed by atoms with Gasteiger partial charge in [0.15, 0.2) is 0 Å². The Morgan fingerprint density at radius 3 is 2.91 bits per heavy atom. The third kappa shape index (κ3) is 3.70. The fraction of sp³-hybridized carbons (Fsp3) is 1.00. The van der Waals surface area contributed by atoms with Gasteiger partial charge in [-0.3, -0.25) is 0 Å². The van der Waals surface area contributed by atoms with Crippen LogP contribution < -0.4 is 5.32 Å². The normalized spacial score (nSPS) is 24.8. The molecule has 0 aromatic carbocycles. The van der Waals surface area contributed by atoms with Crippen LogP contribution in [0.2, 0.25) is 0 Å². The highest BCUT2D eigenvalue weighted by atomic mass is 16.5. The predicted octanol–water partition coefficient (Wildman–Crippen LogP) is -0.0735. The monoisotopic (exact) mass is 158 g/mol. The van der Waals surface area contributed by atoms with Crippen LogP contribution in [0.15, 0.2) is 0 Å². The first-order valence-corrected chi connectivity index (χ1v) is 4.26. The van der Waals surface area contributed by atoms with E-state index in [-0.39, 0.29) is 0 Å². The second kappa shape index (κ2) is 4.70. The molecule has 0 aromatic heterocycles. The Balaban J connectivity index is 1.94. The molecule has 1 aliphatic rings. The van der Waals surface area contributed by atoms with Crippen LogP contribution in [-0.4, -0.2) is 51.3 Å². The van der Waals surface area contributed by atoms with E-state index in [1.165, 1.54) is 6.42 Å². The van der Waals surface area contributed by atoms with Crippen LogP contribution in [0.4, 0.5) is 0 Å². The van der Waals surface area contributed by atoms with Crippen molar-refractivity contribution in [2.45, 2.75) is 12.5 Å². The molecule has 0 spiro atoms. The molecule has 0 aromatic rings. The van der Waals surface area contributed by atoms with Gasteiger partial charge in [0.2, 0.25) is 0 Å². The van der Waals surface area contributed by atoms with E-state index in [2.05, 4.69) is 24.3 Å². The number of hydrogen-bond acceptors (Lipinski definition) is 3. The molecule has 0 amide bonds. The highest BCUT2D eigenvalue weighted by Crippen LogP contribution is 2.01. The minimum Gasteiger partial charge on any atom is -0.376 e. The van der Waals surface area contributed by atoms with Crippen LogP contribution in [-0.2, 0) is 4.74 Å². The van der Waals surface area contributed by atoms with Crippen LogP contribution >= 0.6 is 0 Å². The van der Waals surface area contributed by atoms with Crippen molar-refractivity contribution < 1.29 is 4.74 Å². The summed E-state index contributed by atoms with van der Waals surface area (Å²) in [5, 5.41) is 3.27. The average Bonchev–Trinajstić information content (AvgIpc) is 2.39. The van der Waals surface area contributed by atoms with Crippen LogP contribution in [0.1, 0.15) is 6.42 Å². The Hall–Kier alpha value is -0.120. The quantitative estimate of drug-likeness (QED) is 0.619. The van der Waals surface area contributed by atoms with Gasteiger partial charge < -0.3 is 15.0 Å². The summed E-state index contributed by atoms with van der Waals surface area (Å²) in [6, 6.07) is 0. The van der Waals surface area contributed by atoms with Gasteiger partial charge in [-0.25, -0.2) is 0 Å². The molecule has 1 N–H and O–H groups in total. The third-order valence-electron chi connectivity index (χ3n) is 1.91. The largest absolute Gasteiger partial charge is 0.376 e. The Morgan fingerprint density at radius 2 is 2.36 bits per heavy atom. The molecule has 0 bridgehead atoms. The molecule has 0 unspecified atom stereocenters. The van der Waals surface area contributed by atoms with Crippen molar-refractivity contribution in [2.75, 3.05) is 40.3 Å². The van der Waals surface area contributed by atoms with Gasteiger partial charge in [0.25, 0.3) is 0 Å². The van der Waals surface area contributed by atoms with E-state index in [1.807, 2.05) is 0 Å². The molecule has 0 saturated carbocycles. The molecule has 66 valence electrons.